The van der Waals surface area contributed by atoms with Crippen molar-refractivity contribution >= 4 is 13.2 Å². The third kappa shape index (κ3) is 4.00. The van der Waals surface area contributed by atoms with Crippen molar-refractivity contribution in [3.05, 3.63) is 47.4 Å². The molecule has 0 atom stereocenters. The molecule has 0 aromatic heterocycles. The zero-order valence-electron chi connectivity index (χ0n) is 14.5. The van der Waals surface area contributed by atoms with Crippen molar-refractivity contribution in [2.45, 2.75) is 40.1 Å². The van der Waals surface area contributed by atoms with E-state index < -0.39 is 0 Å². The fraction of sp³-hybridized carbons (Fsp3) is 0.500. The van der Waals surface area contributed by atoms with E-state index in [1.807, 2.05) is 30.3 Å². The first-order valence-corrected chi connectivity index (χ1v) is 8.39. The molecule has 1 aromatic rings. The van der Waals surface area contributed by atoms with Crippen LogP contribution in [0.2, 0.25) is 0 Å². The molecule has 0 saturated carbocycles. The molecule has 0 aliphatic carbocycles. The van der Waals surface area contributed by atoms with Gasteiger partial charge in [-0.2, -0.15) is 0 Å². The van der Waals surface area contributed by atoms with E-state index >= 15 is 0 Å². The second kappa shape index (κ2) is 6.99. The van der Waals surface area contributed by atoms with Crippen LogP contribution in [-0.4, -0.2) is 37.5 Å². The van der Waals surface area contributed by atoms with Gasteiger partial charge >= 0.3 is 13.2 Å². The van der Waals surface area contributed by atoms with Gasteiger partial charge in [-0.1, -0.05) is 57.2 Å². The monoisotopic (exact) mass is 329 g/mol. The molecular formula is C18H24BNO4. The number of benzene rings is 1. The molecular weight excluding hydrogens is 305 g/mol. The van der Waals surface area contributed by atoms with Crippen molar-refractivity contribution in [3.63, 3.8) is 0 Å². The molecule has 0 radical (unpaired) electrons. The van der Waals surface area contributed by atoms with E-state index in [4.69, 9.17) is 14.0 Å². The average Bonchev–Trinajstić information content (AvgIpc) is 2.51. The van der Waals surface area contributed by atoms with E-state index in [0.29, 0.717) is 13.1 Å². The summed E-state index contributed by atoms with van der Waals surface area (Å²) in [5.74, 6) is 0. The number of amides is 1. The van der Waals surface area contributed by atoms with Crippen LogP contribution in [0.15, 0.2) is 41.9 Å². The van der Waals surface area contributed by atoms with Crippen LogP contribution in [0.3, 0.4) is 0 Å². The van der Waals surface area contributed by atoms with E-state index in [1.54, 1.807) is 4.90 Å². The fourth-order valence-electron chi connectivity index (χ4n) is 2.72. The number of nitrogens with zero attached hydrogens (tertiary/aromatic N) is 1. The fourth-order valence-corrected chi connectivity index (χ4v) is 2.72. The average molecular weight is 329 g/mol. The highest BCUT2D eigenvalue weighted by Crippen LogP contribution is 2.34. The summed E-state index contributed by atoms with van der Waals surface area (Å²) in [5, 5.41) is 0. The largest absolute Gasteiger partial charge is 0.494 e. The molecule has 2 aliphatic heterocycles. The van der Waals surface area contributed by atoms with Gasteiger partial charge in [-0.25, -0.2) is 4.79 Å². The summed E-state index contributed by atoms with van der Waals surface area (Å²) >= 11 is 0. The van der Waals surface area contributed by atoms with Crippen molar-refractivity contribution in [2.75, 3.05) is 13.1 Å². The number of carbonyl (C=O) groups excluding carboxylic acids is 1. The van der Waals surface area contributed by atoms with Crippen molar-refractivity contribution in [1.82, 2.24) is 4.90 Å². The molecule has 24 heavy (non-hydrogen) atoms. The number of carbonyl (C=O) groups is 1. The Hall–Kier alpha value is -1.79. The first-order valence-electron chi connectivity index (χ1n) is 8.39. The molecule has 1 saturated heterocycles. The molecule has 128 valence electrons. The quantitative estimate of drug-likeness (QED) is 0.798. The summed E-state index contributed by atoms with van der Waals surface area (Å²) in [6, 6.07) is 9.69. The predicted molar refractivity (Wildman–Crippen MR) is 92.1 cm³/mol. The zero-order valence-corrected chi connectivity index (χ0v) is 14.5. The molecule has 3 rings (SSSR count). The highest BCUT2D eigenvalue weighted by molar-refractivity contribution is 6.55. The molecule has 2 heterocycles. The minimum atomic E-state index is -0.334. The summed E-state index contributed by atoms with van der Waals surface area (Å²) in [5.41, 5.74) is 1.94. The molecule has 0 N–H and O–H groups in total. The van der Waals surface area contributed by atoms with E-state index in [2.05, 4.69) is 26.8 Å². The molecule has 5 nitrogen and oxygen atoms in total. The van der Waals surface area contributed by atoms with Crippen LogP contribution in [-0.2, 0) is 20.7 Å². The molecule has 0 unspecified atom stereocenters. The molecule has 6 heteroatoms. The van der Waals surface area contributed by atoms with Gasteiger partial charge in [0.15, 0.2) is 0 Å². The molecule has 0 bridgehead atoms. The number of rotatable bonds is 3. The summed E-state index contributed by atoms with van der Waals surface area (Å²) < 4.78 is 17.1. The van der Waals surface area contributed by atoms with Crippen LogP contribution >= 0.6 is 0 Å². The van der Waals surface area contributed by atoms with E-state index in [1.165, 1.54) is 0 Å². The summed E-state index contributed by atoms with van der Waals surface area (Å²) in [4.78, 5) is 14.0. The Morgan fingerprint density at radius 2 is 2.00 bits per heavy atom. The third-order valence-corrected chi connectivity index (χ3v) is 4.15. The van der Waals surface area contributed by atoms with Gasteiger partial charge in [-0.15, -0.1) is 0 Å². The van der Waals surface area contributed by atoms with Crippen molar-refractivity contribution in [3.8, 4) is 0 Å². The topological polar surface area (TPSA) is 48.0 Å². The number of ether oxygens (including phenoxy) is 1. The lowest BCUT2D eigenvalue weighted by atomic mass is 9.71. The standard InChI is InChI=1S/C18H24BNO4/c1-18(2,3)16-23-19(24-16)15-10-7-11-20(12-15)17(21)22-13-14-8-5-4-6-9-14/h4-6,8-10,16H,7,11-13H2,1-3H3. The molecule has 1 fully saturated rings. The van der Waals surface area contributed by atoms with Gasteiger partial charge in [0, 0.05) is 18.5 Å². The molecule has 1 amide bonds. The van der Waals surface area contributed by atoms with E-state index in [9.17, 15) is 4.79 Å². The first kappa shape index (κ1) is 17.1. The normalized spacial score (nSPS) is 18.9. The van der Waals surface area contributed by atoms with Gasteiger partial charge < -0.3 is 18.9 Å². The molecule has 2 aliphatic rings. The van der Waals surface area contributed by atoms with Crippen LogP contribution in [0.25, 0.3) is 0 Å². The Labute approximate surface area is 143 Å². The maximum atomic E-state index is 12.3. The van der Waals surface area contributed by atoms with E-state index in [0.717, 1.165) is 17.5 Å². The summed E-state index contributed by atoms with van der Waals surface area (Å²) in [6.45, 7) is 7.68. The van der Waals surface area contributed by atoms with Gasteiger partial charge in [0.05, 0.1) is 0 Å². The van der Waals surface area contributed by atoms with Crippen molar-refractivity contribution in [1.29, 1.82) is 0 Å². The highest BCUT2D eigenvalue weighted by atomic mass is 16.8. The SMILES string of the molecule is CC(C)(C)C1OB(C2=CCCN(C(=O)OCc3ccccc3)C2)O1. The van der Waals surface area contributed by atoms with Crippen molar-refractivity contribution in [2.24, 2.45) is 5.41 Å². The Balaban J connectivity index is 1.48. The Bertz CT molecular complexity index is 605. The predicted octanol–water partition coefficient (Wildman–Crippen LogP) is 3.40. The minimum absolute atomic E-state index is 0.0416. The van der Waals surface area contributed by atoms with Crippen LogP contribution in [0, 0.1) is 5.41 Å². The van der Waals surface area contributed by atoms with E-state index in [-0.39, 0.29) is 31.5 Å². The lowest BCUT2D eigenvalue weighted by molar-refractivity contribution is -0.169. The highest BCUT2D eigenvalue weighted by Gasteiger charge is 2.46. The number of hydrogen-bond donors (Lipinski definition) is 0. The first-order chi connectivity index (χ1) is 11.4. The Morgan fingerprint density at radius 1 is 1.29 bits per heavy atom. The smallest absolute Gasteiger partial charge is 0.445 e. The lowest BCUT2D eigenvalue weighted by Gasteiger charge is -2.44. The lowest BCUT2D eigenvalue weighted by Crippen LogP contribution is -2.55. The van der Waals surface area contributed by atoms with Crippen LogP contribution in [0.1, 0.15) is 32.8 Å². The van der Waals surface area contributed by atoms with Crippen molar-refractivity contribution < 1.29 is 18.8 Å². The second-order valence-electron chi connectivity index (χ2n) is 7.33. The Kier molecular flexibility index (Phi) is 4.97. The van der Waals surface area contributed by atoms with Gasteiger partial charge in [0.1, 0.15) is 12.9 Å². The maximum absolute atomic E-state index is 12.3. The maximum Gasteiger partial charge on any atom is 0.494 e. The van der Waals surface area contributed by atoms with Gasteiger partial charge in [-0.05, 0) is 17.5 Å². The van der Waals surface area contributed by atoms with Gasteiger partial charge in [-0.3, -0.25) is 0 Å². The summed E-state index contributed by atoms with van der Waals surface area (Å²) in [7, 11) is -0.334. The number of hydrogen-bond acceptors (Lipinski definition) is 4. The van der Waals surface area contributed by atoms with Crippen LogP contribution < -0.4 is 0 Å². The summed E-state index contributed by atoms with van der Waals surface area (Å²) in [6.07, 6.45) is 2.41. The van der Waals surface area contributed by atoms with Gasteiger partial charge in [0.25, 0.3) is 0 Å². The Morgan fingerprint density at radius 3 is 2.67 bits per heavy atom. The third-order valence-electron chi connectivity index (χ3n) is 4.15. The van der Waals surface area contributed by atoms with Gasteiger partial charge in [0.2, 0.25) is 0 Å². The van der Waals surface area contributed by atoms with Crippen LogP contribution in [0.5, 0.6) is 0 Å². The van der Waals surface area contributed by atoms with Crippen LogP contribution in [0.4, 0.5) is 4.79 Å². The molecule has 0 spiro atoms. The molecule has 1 aromatic carbocycles. The zero-order chi connectivity index (χ0) is 17.2. The minimum Gasteiger partial charge on any atom is -0.445 e. The second-order valence-corrected chi connectivity index (χ2v) is 7.33.